The van der Waals surface area contributed by atoms with Gasteiger partial charge in [0.1, 0.15) is 31.7 Å². The number of ether oxygens (including phenoxy) is 2. The van der Waals surface area contributed by atoms with Crippen molar-refractivity contribution in [3.05, 3.63) is 59.9 Å². The number of nitrogens with zero attached hydrogens (tertiary/aromatic N) is 6. The van der Waals surface area contributed by atoms with Crippen LogP contribution in [0.1, 0.15) is 23.6 Å². The summed E-state index contributed by atoms with van der Waals surface area (Å²) in [6, 6.07) is 8.69. The summed E-state index contributed by atoms with van der Waals surface area (Å²) >= 11 is 0. The van der Waals surface area contributed by atoms with Gasteiger partial charge in [0.15, 0.2) is 11.6 Å². The van der Waals surface area contributed by atoms with Crippen LogP contribution >= 0.6 is 0 Å². The topological polar surface area (TPSA) is 163 Å². The number of ketones is 1. The van der Waals surface area contributed by atoms with Gasteiger partial charge in [0.05, 0.1) is 12.8 Å². The van der Waals surface area contributed by atoms with Crippen LogP contribution in [0.3, 0.4) is 0 Å². The molecule has 0 saturated heterocycles. The summed E-state index contributed by atoms with van der Waals surface area (Å²) < 4.78 is 14.0. The number of carboxylic acid groups (broad SMARTS) is 1. The quantitative estimate of drug-likeness (QED) is 0.214. The SMILES string of the molecule is C[Si](C)(C)CCOCn1ccnc1Cc1nnnn1CC(=O)C(CC(=O)O)NC(=O)OCc1ccccc1. The zero-order valence-electron chi connectivity index (χ0n) is 21.7. The molecule has 3 aromatic rings. The maximum atomic E-state index is 12.9. The van der Waals surface area contributed by atoms with E-state index in [0.717, 1.165) is 11.6 Å². The molecule has 1 aromatic carbocycles. The molecule has 204 valence electrons. The van der Waals surface area contributed by atoms with Crippen molar-refractivity contribution in [1.29, 1.82) is 0 Å². The average molecular weight is 544 g/mol. The van der Waals surface area contributed by atoms with Crippen molar-refractivity contribution >= 4 is 25.9 Å². The van der Waals surface area contributed by atoms with E-state index < -0.39 is 38.4 Å². The highest BCUT2D eigenvalue weighted by Gasteiger charge is 2.26. The zero-order valence-corrected chi connectivity index (χ0v) is 22.7. The lowest BCUT2D eigenvalue weighted by Crippen LogP contribution is -2.44. The van der Waals surface area contributed by atoms with Crippen LogP contribution in [-0.4, -0.2) is 73.4 Å². The summed E-state index contributed by atoms with van der Waals surface area (Å²) in [7, 11) is -1.20. The molecule has 0 aliphatic rings. The van der Waals surface area contributed by atoms with E-state index in [1.165, 1.54) is 4.68 Å². The van der Waals surface area contributed by atoms with Crippen LogP contribution in [0.5, 0.6) is 0 Å². The van der Waals surface area contributed by atoms with Crippen molar-refractivity contribution in [2.45, 2.75) is 64.5 Å². The molecule has 0 aliphatic heterocycles. The number of Topliss-reactive ketones (excluding diaryl/α,β-unsaturated/α-hetero) is 1. The number of nitrogens with one attached hydrogen (secondary N) is 1. The van der Waals surface area contributed by atoms with Crippen LogP contribution in [0.25, 0.3) is 0 Å². The molecular formula is C24H33N7O6Si. The number of benzene rings is 1. The summed E-state index contributed by atoms with van der Waals surface area (Å²) in [5, 5.41) is 23.1. The molecule has 0 radical (unpaired) electrons. The number of imidazole rings is 1. The summed E-state index contributed by atoms with van der Waals surface area (Å²) in [5.41, 5.74) is 0.752. The van der Waals surface area contributed by atoms with Gasteiger partial charge in [-0.3, -0.25) is 9.59 Å². The van der Waals surface area contributed by atoms with E-state index in [4.69, 9.17) is 9.47 Å². The minimum Gasteiger partial charge on any atom is -0.481 e. The number of rotatable bonds is 15. The monoisotopic (exact) mass is 543 g/mol. The van der Waals surface area contributed by atoms with Gasteiger partial charge in [-0.25, -0.2) is 14.5 Å². The number of aromatic nitrogens is 6. The van der Waals surface area contributed by atoms with E-state index in [9.17, 15) is 19.5 Å². The van der Waals surface area contributed by atoms with Crippen molar-refractivity contribution in [3.8, 4) is 0 Å². The Balaban J connectivity index is 1.58. The van der Waals surface area contributed by atoms with E-state index in [2.05, 4.69) is 45.5 Å². The fourth-order valence-corrected chi connectivity index (χ4v) is 4.12. The molecule has 3 rings (SSSR count). The molecule has 0 bridgehead atoms. The molecule has 2 heterocycles. The molecule has 2 aromatic heterocycles. The van der Waals surface area contributed by atoms with E-state index >= 15 is 0 Å². The summed E-state index contributed by atoms with van der Waals surface area (Å²) in [5.74, 6) is -0.838. The third-order valence-electron chi connectivity index (χ3n) is 5.53. The van der Waals surface area contributed by atoms with Crippen LogP contribution in [0.2, 0.25) is 25.7 Å². The van der Waals surface area contributed by atoms with Gasteiger partial charge in [-0.2, -0.15) is 0 Å². The lowest BCUT2D eigenvalue weighted by molar-refractivity contribution is -0.139. The van der Waals surface area contributed by atoms with Gasteiger partial charge in [0.2, 0.25) is 0 Å². The lowest BCUT2D eigenvalue weighted by atomic mass is 10.1. The Labute approximate surface area is 221 Å². The predicted octanol–water partition coefficient (Wildman–Crippen LogP) is 2.11. The molecule has 1 amide bonds. The molecular weight excluding hydrogens is 510 g/mol. The normalized spacial score (nSPS) is 12.2. The molecule has 14 heteroatoms. The molecule has 0 aliphatic carbocycles. The van der Waals surface area contributed by atoms with Crippen molar-refractivity contribution in [2.24, 2.45) is 0 Å². The molecule has 1 unspecified atom stereocenters. The molecule has 0 spiro atoms. The Kier molecular flexibility index (Phi) is 10.2. The Morgan fingerprint density at radius 2 is 1.89 bits per heavy atom. The van der Waals surface area contributed by atoms with Gasteiger partial charge in [-0.15, -0.1) is 5.10 Å². The number of alkyl carbamates (subject to hydrolysis) is 1. The minimum absolute atomic E-state index is 0.0215. The van der Waals surface area contributed by atoms with Crippen LogP contribution in [-0.2, 0) is 45.4 Å². The van der Waals surface area contributed by atoms with Crippen LogP contribution in [0.15, 0.2) is 42.7 Å². The van der Waals surface area contributed by atoms with Crippen molar-refractivity contribution in [3.63, 3.8) is 0 Å². The lowest BCUT2D eigenvalue weighted by Gasteiger charge is -2.16. The van der Waals surface area contributed by atoms with E-state index in [1.807, 2.05) is 10.6 Å². The fourth-order valence-electron chi connectivity index (χ4n) is 3.36. The van der Waals surface area contributed by atoms with E-state index in [1.54, 1.807) is 36.7 Å². The smallest absolute Gasteiger partial charge is 0.408 e. The molecule has 2 N–H and O–H groups in total. The Morgan fingerprint density at radius 1 is 1.13 bits per heavy atom. The maximum absolute atomic E-state index is 12.9. The molecule has 38 heavy (non-hydrogen) atoms. The highest BCUT2D eigenvalue weighted by atomic mass is 28.3. The first-order chi connectivity index (χ1) is 18.1. The second-order valence-electron chi connectivity index (χ2n) is 9.91. The van der Waals surface area contributed by atoms with Crippen molar-refractivity contribution in [2.75, 3.05) is 6.61 Å². The van der Waals surface area contributed by atoms with Gasteiger partial charge in [-0.1, -0.05) is 50.0 Å². The second kappa shape index (κ2) is 13.6. The van der Waals surface area contributed by atoms with Gasteiger partial charge < -0.3 is 24.5 Å². The minimum atomic E-state index is -1.32. The second-order valence-corrected chi connectivity index (χ2v) is 15.5. The van der Waals surface area contributed by atoms with Crippen LogP contribution < -0.4 is 5.32 Å². The number of carbonyl (C=O) groups excluding carboxylic acids is 2. The third-order valence-corrected chi connectivity index (χ3v) is 7.23. The van der Waals surface area contributed by atoms with Gasteiger partial charge in [0.25, 0.3) is 0 Å². The van der Waals surface area contributed by atoms with Crippen molar-refractivity contribution in [1.82, 2.24) is 35.1 Å². The third kappa shape index (κ3) is 9.52. The van der Waals surface area contributed by atoms with Gasteiger partial charge in [-0.05, 0) is 22.0 Å². The highest BCUT2D eigenvalue weighted by Crippen LogP contribution is 2.10. The first-order valence-electron chi connectivity index (χ1n) is 12.2. The first-order valence-corrected chi connectivity index (χ1v) is 15.9. The maximum Gasteiger partial charge on any atom is 0.408 e. The van der Waals surface area contributed by atoms with Crippen LogP contribution in [0, 0.1) is 0 Å². The van der Waals surface area contributed by atoms with Gasteiger partial charge in [0, 0.05) is 27.1 Å². The number of carboxylic acids is 1. The van der Waals surface area contributed by atoms with E-state index in [0.29, 0.717) is 25.0 Å². The number of hydrogen-bond donors (Lipinski definition) is 2. The zero-order chi connectivity index (χ0) is 27.5. The number of hydrogen-bond acceptors (Lipinski definition) is 9. The number of tetrazole rings is 1. The molecule has 0 fully saturated rings. The largest absolute Gasteiger partial charge is 0.481 e. The molecule has 1 atom stereocenters. The van der Waals surface area contributed by atoms with Gasteiger partial charge >= 0.3 is 12.1 Å². The average Bonchev–Trinajstić information content (AvgIpc) is 3.49. The summed E-state index contributed by atoms with van der Waals surface area (Å²) in [6.45, 7) is 7.47. The molecule has 0 saturated carbocycles. The molecule has 13 nitrogen and oxygen atoms in total. The standard InChI is InChI=1S/C24H33N7O6Si/c1-38(2,3)12-11-36-17-30-10-9-25-21(30)14-22-27-28-29-31(22)15-20(32)19(13-23(33)34)26-24(35)37-16-18-7-5-4-6-8-18/h4-10,19H,11-17H2,1-3H3,(H,26,35)(H,33,34). The highest BCUT2D eigenvalue weighted by molar-refractivity contribution is 6.76. The summed E-state index contributed by atoms with van der Waals surface area (Å²) in [6.07, 6.45) is 2.14. The predicted molar refractivity (Wildman–Crippen MR) is 138 cm³/mol. The Bertz CT molecular complexity index is 1210. The van der Waals surface area contributed by atoms with E-state index in [-0.39, 0.29) is 19.6 Å². The fraction of sp³-hybridized carbons (Fsp3) is 0.458. The Hall–Kier alpha value is -3.91. The van der Waals surface area contributed by atoms with Crippen LogP contribution in [0.4, 0.5) is 4.79 Å². The number of aliphatic carboxylic acids is 1. The number of carbonyl (C=O) groups is 3. The summed E-state index contributed by atoms with van der Waals surface area (Å²) in [4.78, 5) is 40.9. The first kappa shape index (κ1) is 28.7. The Morgan fingerprint density at radius 3 is 2.61 bits per heavy atom. The van der Waals surface area contributed by atoms with Crippen molar-refractivity contribution < 1.29 is 29.0 Å². The number of amides is 1.